The van der Waals surface area contributed by atoms with Crippen LogP contribution in [0.3, 0.4) is 0 Å². The van der Waals surface area contributed by atoms with E-state index in [1.54, 1.807) is 0 Å². The predicted molar refractivity (Wildman–Crippen MR) is 41.9 cm³/mol. The molecule has 1 N–H and O–H groups in total. The van der Waals surface area contributed by atoms with Crippen LogP contribution in [-0.2, 0) is 9.47 Å². The molecule has 2 fully saturated rings. The summed E-state index contributed by atoms with van der Waals surface area (Å²) in [5, 5.41) is 2.65. The van der Waals surface area contributed by atoms with Crippen molar-refractivity contribution >= 4 is 6.09 Å². The number of ether oxygens (including phenoxy) is 2. The summed E-state index contributed by atoms with van der Waals surface area (Å²) in [6.45, 7) is 5.11. The van der Waals surface area contributed by atoms with E-state index in [-0.39, 0.29) is 17.3 Å². The van der Waals surface area contributed by atoms with E-state index >= 15 is 0 Å². The first kappa shape index (κ1) is 7.86. The highest BCUT2D eigenvalue weighted by atomic mass is 16.6. The van der Waals surface area contributed by atoms with Crippen molar-refractivity contribution < 1.29 is 14.3 Å². The lowest BCUT2D eigenvalue weighted by Gasteiger charge is -2.19. The molecular formula is C8H13NO3. The van der Waals surface area contributed by atoms with E-state index in [0.29, 0.717) is 13.2 Å². The van der Waals surface area contributed by atoms with Gasteiger partial charge in [0.15, 0.2) is 5.60 Å². The Hall–Kier alpha value is -0.770. The summed E-state index contributed by atoms with van der Waals surface area (Å²) in [5.74, 6) is 0. The smallest absolute Gasteiger partial charge is 0.407 e. The number of nitrogens with one attached hydrogen (secondary N) is 1. The van der Waals surface area contributed by atoms with Gasteiger partial charge >= 0.3 is 6.09 Å². The molecule has 4 nitrogen and oxygen atoms in total. The van der Waals surface area contributed by atoms with Gasteiger partial charge in [0.25, 0.3) is 0 Å². The fourth-order valence-electron chi connectivity index (χ4n) is 1.89. The number of rotatable bonds is 0. The zero-order valence-corrected chi connectivity index (χ0v) is 7.35. The molecule has 0 radical (unpaired) electrons. The lowest BCUT2D eigenvalue weighted by molar-refractivity contribution is 0.0149. The van der Waals surface area contributed by atoms with Crippen LogP contribution in [0.2, 0.25) is 0 Å². The van der Waals surface area contributed by atoms with Gasteiger partial charge in [0.2, 0.25) is 0 Å². The van der Waals surface area contributed by atoms with E-state index in [0.717, 1.165) is 6.42 Å². The Morgan fingerprint density at radius 1 is 1.50 bits per heavy atom. The topological polar surface area (TPSA) is 47.6 Å². The largest absolute Gasteiger partial charge is 0.438 e. The highest BCUT2D eigenvalue weighted by Gasteiger charge is 2.50. The van der Waals surface area contributed by atoms with Crippen LogP contribution in [0.25, 0.3) is 0 Å². The first-order valence-corrected chi connectivity index (χ1v) is 4.12. The Kier molecular flexibility index (Phi) is 1.39. The van der Waals surface area contributed by atoms with Crippen molar-refractivity contribution in [3.63, 3.8) is 0 Å². The van der Waals surface area contributed by atoms with Gasteiger partial charge in [-0.1, -0.05) is 0 Å². The molecule has 1 amide bonds. The maximum absolute atomic E-state index is 10.8. The van der Waals surface area contributed by atoms with E-state index in [4.69, 9.17) is 9.47 Å². The molecular weight excluding hydrogens is 158 g/mol. The first-order valence-electron chi connectivity index (χ1n) is 4.12. The van der Waals surface area contributed by atoms with Crippen LogP contribution in [0.15, 0.2) is 0 Å². The van der Waals surface area contributed by atoms with E-state index in [2.05, 4.69) is 5.32 Å². The summed E-state index contributed by atoms with van der Waals surface area (Å²) in [6.07, 6.45) is 0.454. The summed E-state index contributed by atoms with van der Waals surface area (Å²) in [6, 6.07) is 0. The van der Waals surface area contributed by atoms with Crippen LogP contribution in [-0.4, -0.2) is 30.4 Å². The van der Waals surface area contributed by atoms with E-state index in [1.807, 2.05) is 13.8 Å². The minimum Gasteiger partial charge on any atom is -0.438 e. The van der Waals surface area contributed by atoms with Gasteiger partial charge in [-0.05, 0) is 13.8 Å². The summed E-state index contributed by atoms with van der Waals surface area (Å²) in [4.78, 5) is 10.8. The van der Waals surface area contributed by atoms with Crippen molar-refractivity contribution in [1.29, 1.82) is 0 Å². The lowest BCUT2D eigenvalue weighted by atomic mass is 9.94. The molecule has 2 aliphatic heterocycles. The van der Waals surface area contributed by atoms with Gasteiger partial charge < -0.3 is 14.8 Å². The van der Waals surface area contributed by atoms with Crippen molar-refractivity contribution in [2.45, 2.75) is 31.5 Å². The SMILES string of the molecule is CC1(C)CC2(CNC(=O)O2)CO1. The Morgan fingerprint density at radius 3 is 2.67 bits per heavy atom. The van der Waals surface area contributed by atoms with Crippen LogP contribution in [0.1, 0.15) is 20.3 Å². The lowest BCUT2D eigenvalue weighted by Crippen LogP contribution is -2.34. The second-order valence-corrected chi connectivity index (χ2v) is 4.15. The van der Waals surface area contributed by atoms with Gasteiger partial charge in [-0.25, -0.2) is 4.79 Å². The third kappa shape index (κ3) is 1.16. The minimum atomic E-state index is -0.388. The van der Waals surface area contributed by atoms with Gasteiger partial charge in [0, 0.05) is 6.42 Å². The summed E-state index contributed by atoms with van der Waals surface area (Å²) < 4.78 is 10.7. The van der Waals surface area contributed by atoms with Gasteiger partial charge in [-0.2, -0.15) is 0 Å². The van der Waals surface area contributed by atoms with Gasteiger partial charge in [0.05, 0.1) is 18.8 Å². The van der Waals surface area contributed by atoms with E-state index in [9.17, 15) is 4.79 Å². The number of carbonyl (C=O) groups excluding carboxylic acids is 1. The van der Waals surface area contributed by atoms with E-state index in [1.165, 1.54) is 0 Å². The maximum Gasteiger partial charge on any atom is 0.407 e. The molecule has 0 aromatic rings. The molecule has 12 heavy (non-hydrogen) atoms. The zero-order chi connectivity index (χ0) is 8.82. The molecule has 0 aromatic carbocycles. The fraction of sp³-hybridized carbons (Fsp3) is 0.875. The predicted octanol–water partition coefficient (Wildman–Crippen LogP) is 0.664. The van der Waals surface area contributed by atoms with Gasteiger partial charge in [-0.15, -0.1) is 0 Å². The van der Waals surface area contributed by atoms with Gasteiger partial charge in [0.1, 0.15) is 0 Å². The maximum atomic E-state index is 10.8. The van der Waals surface area contributed by atoms with Crippen LogP contribution < -0.4 is 5.32 Å². The standard InChI is InChI=1S/C8H13NO3/c1-7(2)3-8(5-11-7)4-9-6(10)12-8/h3-5H2,1-2H3,(H,9,10). The zero-order valence-electron chi connectivity index (χ0n) is 7.35. The second-order valence-electron chi connectivity index (χ2n) is 4.15. The molecule has 1 spiro atoms. The van der Waals surface area contributed by atoms with Crippen LogP contribution in [0.5, 0.6) is 0 Å². The Bertz CT molecular complexity index is 226. The third-order valence-corrected chi connectivity index (χ3v) is 2.34. The number of alkyl carbamates (subject to hydrolysis) is 1. The monoisotopic (exact) mass is 171 g/mol. The van der Waals surface area contributed by atoms with Crippen molar-refractivity contribution in [2.24, 2.45) is 0 Å². The minimum absolute atomic E-state index is 0.160. The van der Waals surface area contributed by atoms with Crippen molar-refractivity contribution in [3.8, 4) is 0 Å². The van der Waals surface area contributed by atoms with Crippen LogP contribution in [0.4, 0.5) is 4.79 Å². The number of carbonyl (C=O) groups is 1. The molecule has 0 aromatic heterocycles. The molecule has 2 heterocycles. The Morgan fingerprint density at radius 2 is 2.25 bits per heavy atom. The highest BCUT2D eigenvalue weighted by Crippen LogP contribution is 2.36. The highest BCUT2D eigenvalue weighted by molar-refractivity contribution is 5.70. The molecule has 0 aliphatic carbocycles. The molecule has 68 valence electrons. The number of hydrogen-bond donors (Lipinski definition) is 1. The van der Waals surface area contributed by atoms with Crippen LogP contribution in [0, 0.1) is 0 Å². The fourth-order valence-corrected chi connectivity index (χ4v) is 1.89. The van der Waals surface area contributed by atoms with Gasteiger partial charge in [-0.3, -0.25) is 0 Å². The third-order valence-electron chi connectivity index (χ3n) is 2.34. The summed E-state index contributed by atoms with van der Waals surface area (Å²) in [5.41, 5.74) is -0.549. The van der Waals surface area contributed by atoms with Crippen molar-refractivity contribution in [2.75, 3.05) is 13.2 Å². The molecule has 4 heteroatoms. The Balaban J connectivity index is 2.11. The summed E-state index contributed by atoms with van der Waals surface area (Å²) >= 11 is 0. The van der Waals surface area contributed by atoms with Crippen LogP contribution >= 0.6 is 0 Å². The molecule has 1 unspecified atom stereocenters. The normalized spacial score (nSPS) is 38.3. The molecule has 0 saturated carbocycles. The molecule has 0 bridgehead atoms. The molecule has 2 saturated heterocycles. The molecule has 2 rings (SSSR count). The van der Waals surface area contributed by atoms with Crippen molar-refractivity contribution in [1.82, 2.24) is 5.32 Å². The number of amides is 1. The summed E-state index contributed by atoms with van der Waals surface area (Å²) in [7, 11) is 0. The first-order chi connectivity index (χ1) is 5.52. The average Bonchev–Trinajstić information content (AvgIpc) is 2.41. The molecule has 2 aliphatic rings. The van der Waals surface area contributed by atoms with Crippen molar-refractivity contribution in [3.05, 3.63) is 0 Å². The average molecular weight is 171 g/mol. The molecule has 1 atom stereocenters. The quantitative estimate of drug-likeness (QED) is 0.582. The Labute approximate surface area is 71.2 Å². The number of hydrogen-bond acceptors (Lipinski definition) is 3. The van der Waals surface area contributed by atoms with E-state index < -0.39 is 0 Å². The second kappa shape index (κ2) is 2.13.